The summed E-state index contributed by atoms with van der Waals surface area (Å²) in [6.07, 6.45) is 2.37. The number of carboxylic acids is 1. The predicted molar refractivity (Wildman–Crippen MR) is 55.5 cm³/mol. The highest BCUT2D eigenvalue weighted by Gasteiger charge is 2.31. The third-order valence-corrected chi connectivity index (χ3v) is 2.63. The maximum atomic E-state index is 11.7. The fraction of sp³-hybridized carbons (Fsp3) is 0.800. The SMILES string of the molecule is CCNCC(=O)N1CCCC[C@H]1C(=O)O. The third-order valence-electron chi connectivity index (χ3n) is 2.63. The van der Waals surface area contributed by atoms with Crippen molar-refractivity contribution in [3.63, 3.8) is 0 Å². The van der Waals surface area contributed by atoms with Crippen molar-refractivity contribution >= 4 is 11.9 Å². The van der Waals surface area contributed by atoms with Crippen LogP contribution in [-0.2, 0) is 9.59 Å². The molecule has 0 radical (unpaired) electrons. The van der Waals surface area contributed by atoms with Crippen LogP contribution in [0.4, 0.5) is 0 Å². The molecule has 1 saturated heterocycles. The number of hydrogen-bond donors (Lipinski definition) is 2. The van der Waals surface area contributed by atoms with Gasteiger partial charge in [-0.25, -0.2) is 4.79 Å². The Labute approximate surface area is 89.4 Å². The molecule has 1 amide bonds. The van der Waals surface area contributed by atoms with Crippen molar-refractivity contribution in [1.29, 1.82) is 0 Å². The molecule has 1 atom stereocenters. The van der Waals surface area contributed by atoms with E-state index in [4.69, 9.17) is 5.11 Å². The van der Waals surface area contributed by atoms with Crippen LogP contribution in [-0.4, -0.2) is 47.6 Å². The summed E-state index contributed by atoms with van der Waals surface area (Å²) in [5.41, 5.74) is 0. The van der Waals surface area contributed by atoms with Crippen molar-refractivity contribution in [2.24, 2.45) is 0 Å². The van der Waals surface area contributed by atoms with Gasteiger partial charge in [0, 0.05) is 6.54 Å². The number of aliphatic carboxylic acids is 1. The minimum absolute atomic E-state index is 0.107. The standard InChI is InChI=1S/C10H18N2O3/c1-2-11-7-9(13)12-6-4-3-5-8(12)10(14)15/h8,11H,2-7H2,1H3,(H,14,15)/t8-/m0/s1. The summed E-state index contributed by atoms with van der Waals surface area (Å²) < 4.78 is 0. The van der Waals surface area contributed by atoms with E-state index in [1.807, 2.05) is 6.92 Å². The topological polar surface area (TPSA) is 69.6 Å². The van der Waals surface area contributed by atoms with Gasteiger partial charge in [-0.1, -0.05) is 6.92 Å². The van der Waals surface area contributed by atoms with Crippen molar-refractivity contribution < 1.29 is 14.7 Å². The van der Waals surface area contributed by atoms with E-state index in [2.05, 4.69) is 5.32 Å². The molecule has 2 N–H and O–H groups in total. The van der Waals surface area contributed by atoms with Gasteiger partial charge in [-0.3, -0.25) is 4.79 Å². The average molecular weight is 214 g/mol. The summed E-state index contributed by atoms with van der Waals surface area (Å²) in [4.78, 5) is 24.1. The summed E-state index contributed by atoms with van der Waals surface area (Å²) in [5.74, 6) is -0.997. The van der Waals surface area contributed by atoms with E-state index >= 15 is 0 Å². The summed E-state index contributed by atoms with van der Waals surface area (Å²) in [7, 11) is 0. The van der Waals surface area contributed by atoms with E-state index in [1.54, 1.807) is 0 Å². The molecule has 0 spiro atoms. The first-order chi connectivity index (χ1) is 7.16. The van der Waals surface area contributed by atoms with Crippen LogP contribution in [0, 0.1) is 0 Å². The Bertz CT molecular complexity index is 243. The zero-order chi connectivity index (χ0) is 11.3. The Balaban J connectivity index is 2.55. The second-order valence-corrected chi connectivity index (χ2v) is 3.72. The van der Waals surface area contributed by atoms with Crippen molar-refractivity contribution in [2.45, 2.75) is 32.2 Å². The molecular formula is C10H18N2O3. The lowest BCUT2D eigenvalue weighted by Gasteiger charge is -2.33. The van der Waals surface area contributed by atoms with Crippen LogP contribution >= 0.6 is 0 Å². The average Bonchev–Trinajstić information content (AvgIpc) is 2.25. The van der Waals surface area contributed by atoms with E-state index in [0.29, 0.717) is 13.0 Å². The molecule has 0 aliphatic carbocycles. The molecule has 1 rings (SSSR count). The number of carbonyl (C=O) groups is 2. The largest absolute Gasteiger partial charge is 0.480 e. The van der Waals surface area contributed by atoms with Gasteiger partial charge in [-0.2, -0.15) is 0 Å². The highest BCUT2D eigenvalue weighted by Crippen LogP contribution is 2.16. The first kappa shape index (κ1) is 12.0. The van der Waals surface area contributed by atoms with Crippen molar-refractivity contribution in [3.8, 4) is 0 Å². The maximum absolute atomic E-state index is 11.7. The Morgan fingerprint density at radius 2 is 2.20 bits per heavy atom. The molecular weight excluding hydrogens is 196 g/mol. The maximum Gasteiger partial charge on any atom is 0.326 e. The molecule has 1 aliphatic heterocycles. The van der Waals surface area contributed by atoms with Crippen LogP contribution < -0.4 is 5.32 Å². The van der Waals surface area contributed by atoms with E-state index < -0.39 is 12.0 Å². The Morgan fingerprint density at radius 1 is 1.47 bits per heavy atom. The molecule has 1 heterocycles. The van der Waals surface area contributed by atoms with E-state index in [1.165, 1.54) is 4.90 Å². The highest BCUT2D eigenvalue weighted by molar-refractivity contribution is 5.85. The molecule has 5 nitrogen and oxygen atoms in total. The van der Waals surface area contributed by atoms with Crippen LogP contribution in [0.2, 0.25) is 0 Å². The molecule has 15 heavy (non-hydrogen) atoms. The van der Waals surface area contributed by atoms with E-state index in [0.717, 1.165) is 19.4 Å². The summed E-state index contributed by atoms with van der Waals surface area (Å²) in [5, 5.41) is 11.9. The predicted octanol–water partition coefficient (Wildman–Crippen LogP) is 0.0616. The number of carbonyl (C=O) groups excluding carboxylic acids is 1. The molecule has 0 saturated carbocycles. The van der Waals surface area contributed by atoms with Crippen molar-refractivity contribution in [1.82, 2.24) is 10.2 Å². The van der Waals surface area contributed by atoms with Crippen LogP contribution in [0.3, 0.4) is 0 Å². The Hall–Kier alpha value is -1.10. The quantitative estimate of drug-likeness (QED) is 0.694. The zero-order valence-corrected chi connectivity index (χ0v) is 9.03. The van der Waals surface area contributed by atoms with Gasteiger partial charge in [0.1, 0.15) is 6.04 Å². The number of carboxylic acid groups (broad SMARTS) is 1. The minimum atomic E-state index is -0.889. The third kappa shape index (κ3) is 3.20. The van der Waals surface area contributed by atoms with Crippen LogP contribution in [0.5, 0.6) is 0 Å². The molecule has 1 aliphatic rings. The fourth-order valence-corrected chi connectivity index (χ4v) is 1.82. The summed E-state index contributed by atoms with van der Waals surface area (Å²) >= 11 is 0. The zero-order valence-electron chi connectivity index (χ0n) is 9.03. The number of piperidine rings is 1. The van der Waals surface area contributed by atoms with Gasteiger partial charge < -0.3 is 15.3 Å². The second kappa shape index (κ2) is 5.70. The molecule has 0 bridgehead atoms. The molecule has 86 valence electrons. The van der Waals surface area contributed by atoms with E-state index in [-0.39, 0.29) is 12.5 Å². The summed E-state index contributed by atoms with van der Waals surface area (Å²) in [6.45, 7) is 3.44. The van der Waals surface area contributed by atoms with Gasteiger partial charge in [0.05, 0.1) is 6.54 Å². The lowest BCUT2D eigenvalue weighted by molar-refractivity contribution is -0.151. The number of nitrogens with zero attached hydrogens (tertiary/aromatic N) is 1. The highest BCUT2D eigenvalue weighted by atomic mass is 16.4. The van der Waals surface area contributed by atoms with Crippen LogP contribution in [0.1, 0.15) is 26.2 Å². The number of likely N-dealkylation sites (tertiary alicyclic amines) is 1. The van der Waals surface area contributed by atoms with Gasteiger partial charge in [-0.05, 0) is 25.8 Å². The second-order valence-electron chi connectivity index (χ2n) is 3.72. The van der Waals surface area contributed by atoms with Crippen LogP contribution in [0.15, 0.2) is 0 Å². The Morgan fingerprint density at radius 3 is 2.80 bits per heavy atom. The van der Waals surface area contributed by atoms with Crippen molar-refractivity contribution in [2.75, 3.05) is 19.6 Å². The molecule has 0 aromatic rings. The fourth-order valence-electron chi connectivity index (χ4n) is 1.82. The lowest BCUT2D eigenvalue weighted by Crippen LogP contribution is -2.50. The number of amides is 1. The number of likely N-dealkylation sites (N-methyl/N-ethyl adjacent to an activating group) is 1. The number of hydrogen-bond acceptors (Lipinski definition) is 3. The first-order valence-electron chi connectivity index (χ1n) is 5.39. The molecule has 0 aromatic carbocycles. The van der Waals surface area contributed by atoms with E-state index in [9.17, 15) is 9.59 Å². The molecule has 1 fully saturated rings. The van der Waals surface area contributed by atoms with Gasteiger partial charge >= 0.3 is 5.97 Å². The Kier molecular flexibility index (Phi) is 4.55. The summed E-state index contributed by atoms with van der Waals surface area (Å²) in [6, 6.07) is -0.620. The minimum Gasteiger partial charge on any atom is -0.480 e. The first-order valence-corrected chi connectivity index (χ1v) is 5.39. The molecule has 0 unspecified atom stereocenters. The van der Waals surface area contributed by atoms with Crippen molar-refractivity contribution in [3.05, 3.63) is 0 Å². The monoisotopic (exact) mass is 214 g/mol. The smallest absolute Gasteiger partial charge is 0.326 e. The van der Waals surface area contributed by atoms with Gasteiger partial charge in [0.2, 0.25) is 5.91 Å². The molecule has 5 heteroatoms. The van der Waals surface area contributed by atoms with Crippen LogP contribution in [0.25, 0.3) is 0 Å². The lowest BCUT2D eigenvalue weighted by atomic mass is 10.0. The normalized spacial score (nSPS) is 21.4. The number of nitrogens with one attached hydrogen (secondary N) is 1. The number of rotatable bonds is 4. The van der Waals surface area contributed by atoms with Gasteiger partial charge in [-0.15, -0.1) is 0 Å². The molecule has 0 aromatic heterocycles. The van der Waals surface area contributed by atoms with Gasteiger partial charge in [0.15, 0.2) is 0 Å². The van der Waals surface area contributed by atoms with Gasteiger partial charge in [0.25, 0.3) is 0 Å².